The third kappa shape index (κ3) is 4.49. The number of benzene rings is 2. The van der Waals surface area contributed by atoms with Gasteiger partial charge in [0.2, 0.25) is 0 Å². The van der Waals surface area contributed by atoms with Crippen molar-refractivity contribution in [3.8, 4) is 0 Å². The van der Waals surface area contributed by atoms with Gasteiger partial charge in [-0.05, 0) is 16.6 Å². The Morgan fingerprint density at radius 2 is 1.74 bits per heavy atom. The number of halogens is 1. The smallest absolute Gasteiger partial charge is 0.344 e. The topological polar surface area (TPSA) is 93.6 Å². The second-order valence-electron chi connectivity index (χ2n) is 4.14. The Hall–Kier alpha value is -2.00. The number of aliphatic hydroxyl groups is 1. The van der Waals surface area contributed by atoms with Gasteiger partial charge in [0.1, 0.15) is 5.58 Å². The summed E-state index contributed by atoms with van der Waals surface area (Å²) >= 11 is 2.29. The van der Waals surface area contributed by atoms with Crippen LogP contribution in [0.1, 0.15) is 6.92 Å². The van der Waals surface area contributed by atoms with Gasteiger partial charge < -0.3 is 9.52 Å². The zero-order chi connectivity index (χ0) is 17.4. The maximum Gasteiger partial charge on any atom is 0.344 e. The summed E-state index contributed by atoms with van der Waals surface area (Å²) in [6.45, 7) is 2.11. The highest BCUT2D eigenvalue weighted by Gasteiger charge is 2.11. The molecule has 1 aromatic heterocycles. The zero-order valence-electron chi connectivity index (χ0n) is 12.7. The summed E-state index contributed by atoms with van der Waals surface area (Å²) in [7, 11) is 1.00. The second-order valence-corrected chi connectivity index (χ2v) is 5.67. The van der Waals surface area contributed by atoms with Gasteiger partial charge in [-0.25, -0.2) is 4.79 Å². The first-order chi connectivity index (χ1) is 11.1. The highest BCUT2D eigenvalue weighted by Crippen LogP contribution is 2.25. The van der Waals surface area contributed by atoms with E-state index in [0.717, 1.165) is 12.5 Å². The molecule has 0 atom stereocenters. The van der Waals surface area contributed by atoms with E-state index in [-0.39, 0.29) is 11.1 Å². The fourth-order valence-electron chi connectivity index (χ4n) is 1.98. The van der Waals surface area contributed by atoms with Crippen LogP contribution in [0.4, 0.5) is 5.69 Å². The van der Waals surface area contributed by atoms with Crippen molar-refractivity contribution in [1.82, 2.24) is 0 Å². The van der Waals surface area contributed by atoms with Crippen LogP contribution >= 0.6 is 22.6 Å². The highest BCUT2D eigenvalue weighted by molar-refractivity contribution is 14.1. The fraction of sp³-hybridized carbons (Fsp3) is 0.188. The average Bonchev–Trinajstić information content (AvgIpc) is 2.57. The van der Waals surface area contributed by atoms with Crippen LogP contribution in [0.2, 0.25) is 0 Å². The highest BCUT2D eigenvalue weighted by atomic mass is 127. The molecule has 7 heteroatoms. The zero-order valence-corrected chi connectivity index (χ0v) is 14.8. The molecule has 0 saturated heterocycles. The van der Waals surface area contributed by atoms with Crippen LogP contribution in [0, 0.1) is 10.1 Å². The predicted molar refractivity (Wildman–Crippen MR) is 99.3 cm³/mol. The molecule has 0 radical (unpaired) electrons. The summed E-state index contributed by atoms with van der Waals surface area (Å²) in [6.07, 6.45) is 0. The van der Waals surface area contributed by atoms with E-state index in [1.54, 1.807) is 18.2 Å². The van der Waals surface area contributed by atoms with Gasteiger partial charge in [0.15, 0.2) is 0 Å². The lowest BCUT2D eigenvalue weighted by molar-refractivity contribution is -0.384. The molecule has 6 nitrogen and oxygen atoms in total. The summed E-state index contributed by atoms with van der Waals surface area (Å²) in [4.78, 5) is 21.9. The van der Waals surface area contributed by atoms with Crippen LogP contribution in [0.3, 0.4) is 0 Å². The summed E-state index contributed by atoms with van der Waals surface area (Å²) in [6, 6.07) is 11.3. The van der Waals surface area contributed by atoms with Gasteiger partial charge in [0.05, 0.1) is 10.3 Å². The molecule has 2 aromatic carbocycles. The maximum absolute atomic E-state index is 11.8. The molecular weight excluding hydrogens is 413 g/mol. The number of nitrogens with zero attached hydrogens (tertiary/aromatic N) is 1. The second kappa shape index (κ2) is 9.21. The van der Waals surface area contributed by atoms with E-state index in [4.69, 9.17) is 9.52 Å². The van der Waals surface area contributed by atoms with Gasteiger partial charge in [0, 0.05) is 30.0 Å². The number of rotatable bonds is 1. The third-order valence-electron chi connectivity index (χ3n) is 2.81. The first-order valence-electron chi connectivity index (χ1n) is 6.69. The molecule has 0 aliphatic carbocycles. The Morgan fingerprint density at radius 1 is 1.13 bits per heavy atom. The van der Waals surface area contributed by atoms with E-state index >= 15 is 0 Å². The minimum atomic E-state index is -0.563. The maximum atomic E-state index is 11.8. The molecular formula is C16H16INO5. The average molecular weight is 429 g/mol. The van der Waals surface area contributed by atoms with Gasteiger partial charge in [-0.2, -0.15) is 0 Å². The minimum absolute atomic E-state index is 0.120. The molecule has 0 aliphatic rings. The van der Waals surface area contributed by atoms with Crippen molar-refractivity contribution in [2.45, 2.75) is 6.92 Å². The van der Waals surface area contributed by atoms with Crippen molar-refractivity contribution in [3.05, 3.63) is 63.0 Å². The summed E-state index contributed by atoms with van der Waals surface area (Å²) in [5.41, 5.74) is -0.207. The van der Waals surface area contributed by atoms with Crippen LogP contribution in [-0.2, 0) is 0 Å². The molecule has 0 fully saturated rings. The normalized spacial score (nSPS) is 9.57. The van der Waals surface area contributed by atoms with Crippen molar-refractivity contribution in [3.63, 3.8) is 0 Å². The van der Waals surface area contributed by atoms with Crippen LogP contribution in [0.25, 0.3) is 21.7 Å². The van der Waals surface area contributed by atoms with E-state index < -0.39 is 10.5 Å². The van der Waals surface area contributed by atoms with E-state index in [9.17, 15) is 14.9 Å². The Morgan fingerprint density at radius 3 is 2.35 bits per heavy atom. The Bertz CT molecular complexity index is 860. The number of hydrogen-bond donors (Lipinski definition) is 1. The summed E-state index contributed by atoms with van der Waals surface area (Å²) in [5.74, 6) is 0. The van der Waals surface area contributed by atoms with Crippen molar-refractivity contribution in [2.24, 2.45) is 0 Å². The first-order valence-corrected chi connectivity index (χ1v) is 8.21. The number of aliphatic hydroxyl groups excluding tert-OH is 1. The van der Waals surface area contributed by atoms with Gasteiger partial charge >= 0.3 is 5.63 Å². The van der Waals surface area contributed by atoms with Crippen molar-refractivity contribution >= 4 is 50.0 Å². The monoisotopic (exact) mass is 429 g/mol. The molecule has 0 unspecified atom stereocenters. The Labute approximate surface area is 146 Å². The van der Waals surface area contributed by atoms with E-state index in [1.165, 1.54) is 16.6 Å². The van der Waals surface area contributed by atoms with Crippen LogP contribution in [0.15, 0.2) is 51.7 Å². The van der Waals surface area contributed by atoms with Gasteiger partial charge in [-0.1, -0.05) is 47.7 Å². The van der Waals surface area contributed by atoms with Crippen molar-refractivity contribution in [2.75, 3.05) is 11.5 Å². The Kier molecular flexibility index (Phi) is 7.63. The number of alkyl halides is 1. The predicted octanol–water partition coefficient (Wildman–Crippen LogP) is 3.90. The molecule has 0 aliphatic heterocycles. The fourth-order valence-corrected chi connectivity index (χ4v) is 1.98. The van der Waals surface area contributed by atoms with Gasteiger partial charge in [-0.3, -0.25) is 10.1 Å². The molecule has 3 rings (SSSR count). The number of hydrogen-bond acceptors (Lipinski definition) is 5. The summed E-state index contributed by atoms with van der Waals surface area (Å²) < 4.78 is 6.35. The standard InChI is InChI=1S/C13H7NO4.C2H5I.CH4O/c15-13-11-7-8(14(16)17)5-6-9(11)10-3-1-2-4-12(10)18-13;1-2-3;1-2/h1-7H;2H2,1H3;2H,1H3. The van der Waals surface area contributed by atoms with Crippen LogP contribution in [-0.4, -0.2) is 21.6 Å². The van der Waals surface area contributed by atoms with E-state index in [1.807, 2.05) is 12.1 Å². The van der Waals surface area contributed by atoms with Crippen LogP contribution < -0.4 is 5.63 Å². The van der Waals surface area contributed by atoms with Gasteiger partial charge in [-0.15, -0.1) is 0 Å². The minimum Gasteiger partial charge on any atom is -0.422 e. The van der Waals surface area contributed by atoms with Crippen molar-refractivity contribution < 1.29 is 14.4 Å². The number of non-ortho nitro benzene ring substituents is 1. The molecule has 0 bridgehead atoms. The number of para-hydroxylation sites is 1. The molecule has 0 amide bonds. The molecule has 1 N–H and O–H groups in total. The summed E-state index contributed by atoms with van der Waals surface area (Å²) in [5, 5.41) is 19.3. The first kappa shape index (κ1) is 19.0. The van der Waals surface area contributed by atoms with Crippen LogP contribution in [0.5, 0.6) is 0 Å². The number of nitro groups is 1. The molecule has 3 aromatic rings. The van der Waals surface area contributed by atoms with Crippen molar-refractivity contribution in [1.29, 1.82) is 0 Å². The quantitative estimate of drug-likeness (QED) is 0.158. The largest absolute Gasteiger partial charge is 0.422 e. The molecule has 1 heterocycles. The number of nitro benzene ring substituents is 1. The van der Waals surface area contributed by atoms with E-state index in [2.05, 4.69) is 29.5 Å². The lowest BCUT2D eigenvalue weighted by Gasteiger charge is -2.01. The van der Waals surface area contributed by atoms with Gasteiger partial charge in [0.25, 0.3) is 5.69 Å². The lowest BCUT2D eigenvalue weighted by Crippen LogP contribution is -2.00. The third-order valence-corrected chi connectivity index (χ3v) is 2.81. The molecule has 0 spiro atoms. The van der Waals surface area contributed by atoms with E-state index in [0.29, 0.717) is 11.0 Å². The molecule has 0 saturated carbocycles. The molecule has 122 valence electrons. The number of fused-ring (bicyclic) bond motifs is 3. The Balaban J connectivity index is 0.000000477. The molecule has 23 heavy (non-hydrogen) atoms. The lowest BCUT2D eigenvalue weighted by atomic mass is 10.1. The SMILES string of the molecule is CCI.CO.O=c1oc2ccccc2c2ccc([N+](=O)[O-])cc12.